The van der Waals surface area contributed by atoms with Gasteiger partial charge >= 0.3 is 0 Å². The van der Waals surface area contributed by atoms with Gasteiger partial charge < -0.3 is 16.2 Å². The third kappa shape index (κ3) is 4.58. The number of hydrogen-bond acceptors (Lipinski definition) is 8. The average molecular weight is 449 g/mol. The standard InChI is InChI=1S/C23H24N6O2S/c1-13-15(7-20(28-22(13)24)19-11-26-5-3-14(19)4-6-30)8-21(25-2)29-23(31)18-9-17(18)16-10-27-32-12-16/h3,5,7-8,10-12,17-18,30H,2,4,6,9H2,1H3,(H2,24,28)(H,29,31)/b21-8+/t17-,18+/m1/s1. The molecule has 0 saturated heterocycles. The largest absolute Gasteiger partial charge is 0.396 e. The van der Waals surface area contributed by atoms with Crippen molar-refractivity contribution in [3.8, 4) is 11.3 Å². The highest BCUT2D eigenvalue weighted by atomic mass is 32.1. The van der Waals surface area contributed by atoms with Crippen molar-refractivity contribution in [2.24, 2.45) is 10.9 Å². The van der Waals surface area contributed by atoms with Crippen molar-refractivity contribution < 1.29 is 9.90 Å². The van der Waals surface area contributed by atoms with Gasteiger partial charge in [0.25, 0.3) is 0 Å². The molecule has 0 radical (unpaired) electrons. The molecule has 3 heterocycles. The molecule has 4 N–H and O–H groups in total. The number of nitrogens with one attached hydrogen (secondary N) is 1. The maximum absolute atomic E-state index is 12.7. The van der Waals surface area contributed by atoms with E-state index in [9.17, 15) is 9.90 Å². The van der Waals surface area contributed by atoms with Gasteiger partial charge in [-0.3, -0.25) is 9.78 Å². The molecular weight excluding hydrogens is 424 g/mol. The summed E-state index contributed by atoms with van der Waals surface area (Å²) in [6, 6.07) is 3.72. The van der Waals surface area contributed by atoms with E-state index in [1.165, 1.54) is 11.5 Å². The van der Waals surface area contributed by atoms with Crippen LogP contribution in [-0.4, -0.2) is 38.7 Å². The number of aliphatic hydroxyl groups is 1. The van der Waals surface area contributed by atoms with E-state index in [2.05, 4.69) is 31.4 Å². The lowest BCUT2D eigenvalue weighted by Gasteiger charge is -2.12. The van der Waals surface area contributed by atoms with E-state index in [1.807, 2.05) is 30.6 Å². The fourth-order valence-electron chi connectivity index (χ4n) is 3.67. The number of carbonyl (C=O) groups excluding carboxylic acids is 1. The molecule has 164 valence electrons. The van der Waals surface area contributed by atoms with E-state index in [-0.39, 0.29) is 24.3 Å². The normalized spacial score (nSPS) is 17.8. The Kier molecular flexibility index (Phi) is 6.38. The number of hydrogen-bond donors (Lipinski definition) is 3. The van der Waals surface area contributed by atoms with Crippen LogP contribution >= 0.6 is 11.5 Å². The lowest BCUT2D eigenvalue weighted by molar-refractivity contribution is -0.121. The smallest absolute Gasteiger partial charge is 0.229 e. The number of carbonyl (C=O) groups is 1. The molecule has 0 aromatic carbocycles. The van der Waals surface area contributed by atoms with Crippen LogP contribution in [0.2, 0.25) is 0 Å². The fourth-order valence-corrected chi connectivity index (χ4v) is 4.27. The summed E-state index contributed by atoms with van der Waals surface area (Å²) in [6.07, 6.45) is 8.23. The summed E-state index contributed by atoms with van der Waals surface area (Å²) in [6.45, 7) is 5.48. The molecule has 3 aromatic heterocycles. The first-order valence-corrected chi connectivity index (χ1v) is 11.0. The maximum Gasteiger partial charge on any atom is 0.229 e. The Morgan fingerprint density at radius 3 is 3.03 bits per heavy atom. The van der Waals surface area contributed by atoms with Crippen LogP contribution in [0.15, 0.2) is 46.9 Å². The van der Waals surface area contributed by atoms with Gasteiger partial charge in [-0.05, 0) is 84.4 Å². The SMILES string of the molecule is C=N/C(=C\c1cc(-c2cnccc2CCO)nc(N)c1C)NC(=O)[C@H]1C[C@@H]1c1cnsc1. The summed E-state index contributed by atoms with van der Waals surface area (Å²) >= 11 is 1.39. The molecule has 1 aliphatic rings. The monoisotopic (exact) mass is 448 g/mol. The lowest BCUT2D eigenvalue weighted by atomic mass is 10.0. The van der Waals surface area contributed by atoms with Crippen molar-refractivity contribution >= 4 is 36.1 Å². The van der Waals surface area contributed by atoms with Gasteiger partial charge in [0.05, 0.1) is 5.69 Å². The van der Waals surface area contributed by atoms with Gasteiger partial charge in [0.15, 0.2) is 0 Å². The van der Waals surface area contributed by atoms with Crippen molar-refractivity contribution in [3.05, 3.63) is 64.2 Å². The minimum atomic E-state index is -0.0906. The Bertz CT molecular complexity index is 1180. The number of nitrogens with two attached hydrogens (primary N) is 1. The summed E-state index contributed by atoms with van der Waals surface area (Å²) in [7, 11) is 0. The Morgan fingerprint density at radius 2 is 2.31 bits per heavy atom. The number of aliphatic imine (C=N–C) groups is 1. The highest BCUT2D eigenvalue weighted by molar-refractivity contribution is 7.03. The first-order valence-electron chi connectivity index (χ1n) is 10.2. The number of anilines is 1. The van der Waals surface area contributed by atoms with Crippen molar-refractivity contribution in [2.75, 3.05) is 12.3 Å². The summed E-state index contributed by atoms with van der Waals surface area (Å²) in [5.74, 6) is 0.754. The van der Waals surface area contributed by atoms with Crippen molar-refractivity contribution in [1.29, 1.82) is 0 Å². The van der Waals surface area contributed by atoms with Crippen molar-refractivity contribution in [2.45, 2.75) is 25.7 Å². The molecule has 8 nitrogen and oxygen atoms in total. The molecule has 4 rings (SSSR count). The van der Waals surface area contributed by atoms with E-state index in [4.69, 9.17) is 5.73 Å². The molecule has 1 saturated carbocycles. The molecule has 32 heavy (non-hydrogen) atoms. The first kappa shape index (κ1) is 21.8. The summed E-state index contributed by atoms with van der Waals surface area (Å²) in [5.41, 5.74) is 11.2. The number of rotatable bonds is 8. The van der Waals surface area contributed by atoms with Crippen LogP contribution < -0.4 is 11.1 Å². The molecule has 0 spiro atoms. The predicted octanol–water partition coefficient (Wildman–Crippen LogP) is 2.94. The highest BCUT2D eigenvalue weighted by Crippen LogP contribution is 2.47. The average Bonchev–Trinajstić information content (AvgIpc) is 3.41. The molecule has 1 amide bonds. The van der Waals surface area contributed by atoms with Crippen molar-refractivity contribution in [3.63, 3.8) is 0 Å². The van der Waals surface area contributed by atoms with Gasteiger partial charge in [-0.2, -0.15) is 0 Å². The fraction of sp³-hybridized carbons (Fsp3) is 0.261. The zero-order chi connectivity index (χ0) is 22.7. The van der Waals surface area contributed by atoms with Gasteiger partial charge in [0, 0.05) is 42.1 Å². The van der Waals surface area contributed by atoms with Crippen LogP contribution in [0.4, 0.5) is 5.82 Å². The van der Waals surface area contributed by atoms with Gasteiger partial charge in [0.2, 0.25) is 5.91 Å². The molecule has 2 atom stereocenters. The second-order valence-corrected chi connectivity index (χ2v) is 8.35. The predicted molar refractivity (Wildman–Crippen MR) is 126 cm³/mol. The van der Waals surface area contributed by atoms with Gasteiger partial charge in [-0.25, -0.2) is 14.3 Å². The van der Waals surface area contributed by atoms with E-state index in [1.54, 1.807) is 18.5 Å². The number of nitrogens with zero attached hydrogens (tertiary/aromatic N) is 4. The third-order valence-electron chi connectivity index (χ3n) is 5.64. The van der Waals surface area contributed by atoms with Crippen LogP contribution in [0, 0.1) is 12.8 Å². The van der Waals surface area contributed by atoms with E-state index < -0.39 is 0 Å². The Labute approximate surface area is 190 Å². The number of aliphatic hydroxyl groups excluding tert-OH is 1. The molecule has 1 aliphatic carbocycles. The number of nitrogen functional groups attached to an aromatic ring is 1. The van der Waals surface area contributed by atoms with Gasteiger partial charge in [-0.15, -0.1) is 0 Å². The molecule has 1 fully saturated rings. The Balaban J connectivity index is 1.59. The summed E-state index contributed by atoms with van der Waals surface area (Å²) in [4.78, 5) is 25.4. The Morgan fingerprint density at radius 1 is 1.47 bits per heavy atom. The molecular formula is C23H24N6O2S. The zero-order valence-electron chi connectivity index (χ0n) is 17.7. The molecule has 0 unspecified atom stereocenters. The topological polar surface area (TPSA) is 126 Å². The number of amides is 1. The third-order valence-corrected chi connectivity index (χ3v) is 6.24. The molecule has 9 heteroatoms. The summed E-state index contributed by atoms with van der Waals surface area (Å²) in [5, 5.41) is 14.2. The van der Waals surface area contributed by atoms with Gasteiger partial charge in [0.1, 0.15) is 11.6 Å². The van der Waals surface area contributed by atoms with Crippen molar-refractivity contribution in [1.82, 2.24) is 19.7 Å². The minimum Gasteiger partial charge on any atom is -0.396 e. The van der Waals surface area contributed by atoms with Crippen LogP contribution in [0.3, 0.4) is 0 Å². The molecule has 3 aromatic rings. The first-order chi connectivity index (χ1) is 15.5. The van der Waals surface area contributed by atoms with Crippen LogP contribution in [0.1, 0.15) is 34.6 Å². The minimum absolute atomic E-state index is 0.0191. The van der Waals surface area contributed by atoms with Crippen LogP contribution in [0.25, 0.3) is 17.3 Å². The Hall–Kier alpha value is -3.43. The second kappa shape index (κ2) is 9.37. The summed E-state index contributed by atoms with van der Waals surface area (Å²) < 4.78 is 4.11. The van der Waals surface area contributed by atoms with E-state index >= 15 is 0 Å². The quantitative estimate of drug-likeness (QED) is 0.455. The highest BCUT2D eigenvalue weighted by Gasteiger charge is 2.44. The lowest BCUT2D eigenvalue weighted by Crippen LogP contribution is -2.24. The van der Waals surface area contributed by atoms with E-state index in [0.717, 1.165) is 34.2 Å². The van der Waals surface area contributed by atoms with Gasteiger partial charge in [-0.1, -0.05) is 0 Å². The van der Waals surface area contributed by atoms with E-state index in [0.29, 0.717) is 23.8 Å². The van der Waals surface area contributed by atoms with Crippen LogP contribution in [0.5, 0.6) is 0 Å². The maximum atomic E-state index is 12.7. The second-order valence-electron chi connectivity index (χ2n) is 7.70. The zero-order valence-corrected chi connectivity index (χ0v) is 18.5. The molecule has 0 aliphatic heterocycles. The van der Waals surface area contributed by atoms with Crippen LogP contribution in [-0.2, 0) is 11.2 Å². The number of pyridine rings is 2. The molecule has 0 bridgehead atoms. The number of aromatic nitrogens is 3.